The maximum absolute atomic E-state index is 12.2. The van der Waals surface area contributed by atoms with Crippen molar-refractivity contribution < 1.29 is 4.79 Å². The van der Waals surface area contributed by atoms with E-state index in [9.17, 15) is 4.79 Å². The van der Waals surface area contributed by atoms with E-state index in [1.54, 1.807) is 18.3 Å². The van der Waals surface area contributed by atoms with E-state index in [0.717, 1.165) is 16.5 Å². The van der Waals surface area contributed by atoms with Crippen molar-refractivity contribution in [3.63, 3.8) is 0 Å². The number of ketones is 1. The van der Waals surface area contributed by atoms with Crippen molar-refractivity contribution in [2.45, 2.75) is 0 Å². The van der Waals surface area contributed by atoms with Crippen LogP contribution in [0.3, 0.4) is 0 Å². The van der Waals surface area contributed by atoms with E-state index in [1.165, 1.54) is 6.08 Å². The average molecular weight is 308 g/mol. The Morgan fingerprint density at radius 3 is 2.41 bits per heavy atom. The minimum Gasteiger partial charge on any atom is -0.362 e. The van der Waals surface area contributed by atoms with E-state index in [-0.39, 0.29) is 5.78 Å². The zero-order valence-electron chi connectivity index (χ0n) is 11.8. The molecule has 22 heavy (non-hydrogen) atoms. The molecule has 0 aliphatic rings. The third-order valence-corrected chi connectivity index (χ3v) is 3.61. The number of rotatable bonds is 4. The van der Waals surface area contributed by atoms with Crippen molar-refractivity contribution in [1.82, 2.24) is 0 Å². The minimum atomic E-state index is -0.0350. The highest BCUT2D eigenvalue weighted by molar-refractivity contribution is 6.30. The number of halogens is 1. The Balaban J connectivity index is 1.72. The van der Waals surface area contributed by atoms with Crippen LogP contribution in [-0.2, 0) is 0 Å². The second kappa shape index (κ2) is 6.46. The quantitative estimate of drug-likeness (QED) is 0.523. The van der Waals surface area contributed by atoms with Crippen molar-refractivity contribution in [2.75, 3.05) is 5.32 Å². The van der Waals surface area contributed by atoms with Crippen LogP contribution in [0.25, 0.3) is 10.8 Å². The lowest BCUT2D eigenvalue weighted by Crippen LogP contribution is -1.96. The van der Waals surface area contributed by atoms with Gasteiger partial charge in [-0.05, 0) is 41.1 Å². The number of nitrogens with one attached hydrogen (secondary N) is 1. The smallest absolute Gasteiger partial charge is 0.187 e. The Kier molecular flexibility index (Phi) is 4.22. The molecule has 3 aromatic carbocycles. The lowest BCUT2D eigenvalue weighted by molar-refractivity contribution is 0.104. The predicted molar refractivity (Wildman–Crippen MR) is 92.5 cm³/mol. The van der Waals surface area contributed by atoms with E-state index in [0.29, 0.717) is 10.6 Å². The second-order valence-corrected chi connectivity index (χ2v) is 5.35. The molecule has 0 heterocycles. The largest absolute Gasteiger partial charge is 0.362 e. The average Bonchev–Trinajstić information content (AvgIpc) is 2.56. The van der Waals surface area contributed by atoms with E-state index in [1.807, 2.05) is 54.6 Å². The normalized spacial score (nSPS) is 11.0. The number of fused-ring (bicyclic) bond motifs is 1. The summed E-state index contributed by atoms with van der Waals surface area (Å²) >= 11 is 5.82. The fraction of sp³-hybridized carbons (Fsp3) is 0. The molecule has 0 amide bonds. The zero-order valence-corrected chi connectivity index (χ0v) is 12.5. The van der Waals surface area contributed by atoms with Crippen molar-refractivity contribution in [3.8, 4) is 0 Å². The summed E-state index contributed by atoms with van der Waals surface area (Å²) in [7, 11) is 0. The highest BCUT2D eigenvalue weighted by Crippen LogP contribution is 2.16. The van der Waals surface area contributed by atoms with E-state index < -0.39 is 0 Å². The van der Waals surface area contributed by atoms with Crippen LogP contribution < -0.4 is 5.32 Å². The third-order valence-electron chi connectivity index (χ3n) is 3.36. The number of hydrogen-bond acceptors (Lipinski definition) is 2. The zero-order chi connectivity index (χ0) is 15.4. The Hall–Kier alpha value is -2.58. The van der Waals surface area contributed by atoms with Crippen LogP contribution >= 0.6 is 11.6 Å². The Labute approximate surface area is 134 Å². The topological polar surface area (TPSA) is 29.1 Å². The van der Waals surface area contributed by atoms with Crippen LogP contribution in [0, 0.1) is 0 Å². The van der Waals surface area contributed by atoms with Crippen LogP contribution in [0.4, 0.5) is 5.69 Å². The number of carbonyl (C=O) groups excluding carboxylic acids is 1. The highest BCUT2D eigenvalue weighted by atomic mass is 35.5. The molecule has 0 spiro atoms. The molecule has 0 aliphatic carbocycles. The molecule has 0 unspecified atom stereocenters. The van der Waals surface area contributed by atoms with Gasteiger partial charge in [-0.2, -0.15) is 0 Å². The van der Waals surface area contributed by atoms with Gasteiger partial charge in [-0.25, -0.2) is 0 Å². The summed E-state index contributed by atoms with van der Waals surface area (Å²) in [5.41, 5.74) is 1.56. The van der Waals surface area contributed by atoms with Crippen LogP contribution in [0.1, 0.15) is 10.4 Å². The van der Waals surface area contributed by atoms with Gasteiger partial charge in [0.2, 0.25) is 0 Å². The van der Waals surface area contributed by atoms with Crippen molar-refractivity contribution in [2.24, 2.45) is 0 Å². The first-order valence-electron chi connectivity index (χ1n) is 6.94. The molecule has 3 aromatic rings. The lowest BCUT2D eigenvalue weighted by atomic mass is 10.0. The van der Waals surface area contributed by atoms with Gasteiger partial charge in [0.05, 0.1) is 0 Å². The summed E-state index contributed by atoms with van der Waals surface area (Å²) in [6.07, 6.45) is 3.17. The molecule has 0 radical (unpaired) electrons. The molecular formula is C19H14ClNO. The molecular weight excluding hydrogens is 294 g/mol. The first kappa shape index (κ1) is 14.4. The summed E-state index contributed by atoms with van der Waals surface area (Å²) in [5.74, 6) is -0.0350. The van der Waals surface area contributed by atoms with Crippen LogP contribution in [0.5, 0.6) is 0 Å². The fourth-order valence-corrected chi connectivity index (χ4v) is 2.32. The SMILES string of the molecule is O=C(/C=C/Nc1ccc(Cl)cc1)c1ccc2ccccc2c1. The van der Waals surface area contributed by atoms with Gasteiger partial charge in [-0.3, -0.25) is 4.79 Å². The minimum absolute atomic E-state index is 0.0350. The van der Waals surface area contributed by atoms with Gasteiger partial charge in [0.15, 0.2) is 5.78 Å². The molecule has 0 fully saturated rings. The summed E-state index contributed by atoms with van der Waals surface area (Å²) in [6.45, 7) is 0. The molecule has 108 valence electrons. The van der Waals surface area contributed by atoms with Gasteiger partial charge in [-0.1, -0.05) is 48.0 Å². The van der Waals surface area contributed by atoms with Crippen molar-refractivity contribution in [3.05, 3.63) is 89.6 Å². The first-order valence-corrected chi connectivity index (χ1v) is 7.32. The van der Waals surface area contributed by atoms with Gasteiger partial charge in [0.1, 0.15) is 0 Å². The van der Waals surface area contributed by atoms with Crippen molar-refractivity contribution >= 4 is 33.8 Å². The first-order chi connectivity index (χ1) is 10.7. The summed E-state index contributed by atoms with van der Waals surface area (Å²) < 4.78 is 0. The van der Waals surface area contributed by atoms with Gasteiger partial charge in [0, 0.05) is 28.5 Å². The van der Waals surface area contributed by atoms with E-state index >= 15 is 0 Å². The molecule has 3 rings (SSSR count). The molecule has 0 saturated heterocycles. The molecule has 0 aromatic heterocycles. The number of carbonyl (C=O) groups is 1. The van der Waals surface area contributed by atoms with Gasteiger partial charge in [-0.15, -0.1) is 0 Å². The van der Waals surface area contributed by atoms with E-state index in [2.05, 4.69) is 5.32 Å². The lowest BCUT2D eigenvalue weighted by Gasteiger charge is -2.02. The Morgan fingerprint density at radius 2 is 1.64 bits per heavy atom. The van der Waals surface area contributed by atoms with Gasteiger partial charge < -0.3 is 5.32 Å². The molecule has 1 N–H and O–H groups in total. The molecule has 0 saturated carbocycles. The Morgan fingerprint density at radius 1 is 0.909 bits per heavy atom. The van der Waals surface area contributed by atoms with Crippen molar-refractivity contribution in [1.29, 1.82) is 0 Å². The number of anilines is 1. The number of allylic oxidation sites excluding steroid dienone is 1. The third kappa shape index (κ3) is 3.35. The number of benzene rings is 3. The summed E-state index contributed by atoms with van der Waals surface area (Å²) in [6, 6.07) is 21.0. The van der Waals surface area contributed by atoms with Gasteiger partial charge in [0.25, 0.3) is 0 Å². The van der Waals surface area contributed by atoms with Crippen LogP contribution in [0.15, 0.2) is 79.0 Å². The van der Waals surface area contributed by atoms with E-state index in [4.69, 9.17) is 11.6 Å². The summed E-state index contributed by atoms with van der Waals surface area (Å²) in [5, 5.41) is 5.92. The number of hydrogen-bond donors (Lipinski definition) is 1. The second-order valence-electron chi connectivity index (χ2n) is 4.91. The monoisotopic (exact) mass is 307 g/mol. The molecule has 0 atom stereocenters. The van der Waals surface area contributed by atoms with Crippen LogP contribution in [0.2, 0.25) is 5.02 Å². The maximum atomic E-state index is 12.2. The molecule has 0 aliphatic heterocycles. The standard InChI is InChI=1S/C19H14ClNO/c20-17-7-9-18(10-8-17)21-12-11-19(22)16-6-5-14-3-1-2-4-15(14)13-16/h1-13,21H/b12-11+. The molecule has 3 heteroatoms. The summed E-state index contributed by atoms with van der Waals surface area (Å²) in [4.78, 5) is 12.2. The van der Waals surface area contributed by atoms with Gasteiger partial charge >= 0.3 is 0 Å². The molecule has 0 bridgehead atoms. The molecule has 2 nitrogen and oxygen atoms in total. The van der Waals surface area contributed by atoms with Crippen LogP contribution in [-0.4, -0.2) is 5.78 Å². The Bertz CT molecular complexity index is 837. The predicted octanol–water partition coefficient (Wildman–Crippen LogP) is 5.30. The highest BCUT2D eigenvalue weighted by Gasteiger charge is 2.02. The maximum Gasteiger partial charge on any atom is 0.187 e. The fourth-order valence-electron chi connectivity index (χ4n) is 2.20.